The van der Waals surface area contributed by atoms with E-state index in [0.717, 1.165) is 24.8 Å². The van der Waals surface area contributed by atoms with Crippen LogP contribution in [0, 0.1) is 16.7 Å². The number of sulfone groups is 1. The van der Waals surface area contributed by atoms with Gasteiger partial charge in [-0.3, -0.25) is 9.59 Å². The van der Waals surface area contributed by atoms with E-state index in [9.17, 15) is 22.8 Å². The van der Waals surface area contributed by atoms with Crippen molar-refractivity contribution < 1.29 is 22.8 Å². The molecule has 4 N–H and O–H groups in total. The van der Waals surface area contributed by atoms with Gasteiger partial charge in [-0.05, 0) is 50.0 Å². The van der Waals surface area contributed by atoms with Crippen LogP contribution in [0.3, 0.4) is 0 Å². The molecular weight excluding hydrogens is 480 g/mol. The molecule has 204 valence electrons. The van der Waals surface area contributed by atoms with Crippen LogP contribution in [0.2, 0.25) is 0 Å². The molecule has 0 spiro atoms. The number of primary amides is 1. The SMILES string of the molecule is CC(C)(C)C(NC(=O)NC1(CS(=O)(=O)C(C)(C)C)CCCCC1)C(=O)N1CC2C(=C1C(N)=O)C2(C)C. The van der Waals surface area contributed by atoms with Crippen LogP contribution in [0.5, 0.6) is 0 Å². The van der Waals surface area contributed by atoms with Gasteiger partial charge in [0.15, 0.2) is 9.84 Å². The Morgan fingerprint density at radius 3 is 2.08 bits per heavy atom. The third-order valence-electron chi connectivity index (χ3n) is 8.20. The van der Waals surface area contributed by atoms with Crippen molar-refractivity contribution in [3.05, 3.63) is 11.3 Å². The summed E-state index contributed by atoms with van der Waals surface area (Å²) in [6.45, 7) is 14.9. The van der Waals surface area contributed by atoms with E-state index in [0.29, 0.717) is 19.4 Å². The molecule has 0 bridgehead atoms. The zero-order chi connectivity index (χ0) is 27.5. The van der Waals surface area contributed by atoms with E-state index in [4.69, 9.17) is 5.73 Å². The van der Waals surface area contributed by atoms with Gasteiger partial charge in [0.1, 0.15) is 11.7 Å². The first-order valence-electron chi connectivity index (χ1n) is 12.9. The van der Waals surface area contributed by atoms with Crippen LogP contribution in [0.1, 0.15) is 87.5 Å². The van der Waals surface area contributed by atoms with E-state index in [-0.39, 0.29) is 28.7 Å². The number of nitrogens with two attached hydrogens (primary N) is 1. The molecule has 2 unspecified atom stereocenters. The maximum absolute atomic E-state index is 13.7. The fraction of sp³-hybridized carbons (Fsp3) is 0.808. The van der Waals surface area contributed by atoms with Gasteiger partial charge in [-0.1, -0.05) is 53.9 Å². The number of urea groups is 1. The quantitative estimate of drug-likeness (QED) is 0.490. The Hall–Kier alpha value is -2.10. The Labute approximate surface area is 215 Å². The largest absolute Gasteiger partial charge is 0.364 e. The predicted octanol–water partition coefficient (Wildman–Crippen LogP) is 2.85. The summed E-state index contributed by atoms with van der Waals surface area (Å²) < 4.78 is 25.2. The topological polar surface area (TPSA) is 139 Å². The lowest BCUT2D eigenvalue weighted by molar-refractivity contribution is -0.136. The van der Waals surface area contributed by atoms with Gasteiger partial charge >= 0.3 is 6.03 Å². The van der Waals surface area contributed by atoms with Crippen molar-refractivity contribution in [2.45, 2.75) is 104 Å². The molecule has 0 aromatic heterocycles. The molecule has 9 nitrogen and oxygen atoms in total. The number of nitrogens with one attached hydrogen (secondary N) is 2. The number of carbonyl (C=O) groups excluding carboxylic acids is 3. The van der Waals surface area contributed by atoms with Gasteiger partial charge in [-0.25, -0.2) is 13.2 Å². The summed E-state index contributed by atoms with van der Waals surface area (Å²) in [4.78, 5) is 40.7. The number of nitrogens with zero attached hydrogens (tertiary/aromatic N) is 1. The maximum atomic E-state index is 13.7. The summed E-state index contributed by atoms with van der Waals surface area (Å²) >= 11 is 0. The van der Waals surface area contributed by atoms with Gasteiger partial charge in [-0.2, -0.15) is 0 Å². The van der Waals surface area contributed by atoms with E-state index in [1.807, 2.05) is 34.6 Å². The van der Waals surface area contributed by atoms with Gasteiger partial charge in [0, 0.05) is 12.5 Å². The lowest BCUT2D eigenvalue weighted by atomic mass is 9.83. The fourth-order valence-electron chi connectivity index (χ4n) is 5.64. The highest BCUT2D eigenvalue weighted by atomic mass is 32.2. The summed E-state index contributed by atoms with van der Waals surface area (Å²) in [5.41, 5.74) is 5.09. The monoisotopic (exact) mass is 524 g/mol. The molecule has 2 aliphatic carbocycles. The van der Waals surface area contributed by atoms with Crippen LogP contribution < -0.4 is 16.4 Å². The first-order valence-corrected chi connectivity index (χ1v) is 14.6. The van der Waals surface area contributed by atoms with Crippen LogP contribution in [0.4, 0.5) is 4.79 Å². The lowest BCUT2D eigenvalue weighted by Gasteiger charge is -2.41. The second-order valence-electron chi connectivity index (χ2n) is 13.5. The molecule has 0 radical (unpaired) electrons. The van der Waals surface area contributed by atoms with Crippen molar-refractivity contribution in [2.24, 2.45) is 22.5 Å². The minimum atomic E-state index is -3.49. The molecule has 0 aromatic carbocycles. The van der Waals surface area contributed by atoms with Crippen LogP contribution in [-0.4, -0.2) is 59.8 Å². The smallest absolute Gasteiger partial charge is 0.315 e. The molecule has 4 amide bonds. The highest BCUT2D eigenvalue weighted by molar-refractivity contribution is 7.92. The van der Waals surface area contributed by atoms with E-state index < -0.39 is 43.5 Å². The Bertz CT molecular complexity index is 1070. The van der Waals surface area contributed by atoms with Gasteiger partial charge < -0.3 is 21.3 Å². The maximum Gasteiger partial charge on any atom is 0.315 e. The van der Waals surface area contributed by atoms with Crippen molar-refractivity contribution in [3.63, 3.8) is 0 Å². The third kappa shape index (κ3) is 5.29. The zero-order valence-electron chi connectivity index (χ0n) is 23.1. The molecule has 1 heterocycles. The first-order chi connectivity index (χ1) is 16.2. The first kappa shape index (κ1) is 28.5. The average Bonchev–Trinajstić information content (AvgIpc) is 3.06. The molecule has 10 heteroatoms. The molecule has 3 rings (SSSR count). The summed E-state index contributed by atoms with van der Waals surface area (Å²) in [6, 6.07) is -1.51. The lowest BCUT2D eigenvalue weighted by Crippen LogP contribution is -2.62. The van der Waals surface area contributed by atoms with Gasteiger partial charge in [0.25, 0.3) is 5.91 Å². The molecule has 1 aliphatic heterocycles. The predicted molar refractivity (Wildman–Crippen MR) is 139 cm³/mol. The Kier molecular flexibility index (Phi) is 7.14. The minimum Gasteiger partial charge on any atom is -0.364 e. The summed E-state index contributed by atoms with van der Waals surface area (Å²) in [5.74, 6) is -1.09. The Morgan fingerprint density at radius 2 is 1.61 bits per heavy atom. The highest BCUT2D eigenvalue weighted by Crippen LogP contribution is 2.63. The summed E-state index contributed by atoms with van der Waals surface area (Å²) in [6.07, 6.45) is 3.75. The molecule has 0 aromatic rings. The highest BCUT2D eigenvalue weighted by Gasteiger charge is 2.62. The van der Waals surface area contributed by atoms with Crippen LogP contribution in [-0.2, 0) is 19.4 Å². The second-order valence-corrected chi connectivity index (χ2v) is 16.2. The number of hydrogen-bond acceptors (Lipinski definition) is 5. The molecule has 2 atom stereocenters. The third-order valence-corrected chi connectivity index (χ3v) is 11.0. The van der Waals surface area contributed by atoms with E-state index in [1.165, 1.54) is 4.90 Å². The fourth-order valence-corrected chi connectivity index (χ4v) is 7.16. The molecule has 0 saturated heterocycles. The van der Waals surface area contributed by atoms with Crippen molar-refractivity contribution in [1.82, 2.24) is 15.5 Å². The molecular formula is C26H44N4O5S. The number of fused-ring (bicyclic) bond motifs is 1. The number of carbonyl (C=O) groups is 3. The molecule has 2 saturated carbocycles. The van der Waals surface area contributed by atoms with Crippen LogP contribution in [0.15, 0.2) is 11.3 Å². The van der Waals surface area contributed by atoms with Gasteiger partial charge in [0.05, 0.1) is 16.0 Å². The number of hydrogen-bond donors (Lipinski definition) is 3. The Morgan fingerprint density at radius 1 is 1.06 bits per heavy atom. The van der Waals surface area contributed by atoms with Crippen molar-refractivity contribution in [3.8, 4) is 0 Å². The van der Waals surface area contributed by atoms with E-state index in [1.54, 1.807) is 20.8 Å². The van der Waals surface area contributed by atoms with Crippen molar-refractivity contribution >= 4 is 27.7 Å². The summed E-state index contributed by atoms with van der Waals surface area (Å²) in [5, 5.41) is 5.80. The minimum absolute atomic E-state index is 0.0894. The summed E-state index contributed by atoms with van der Waals surface area (Å²) in [7, 11) is -3.49. The number of rotatable bonds is 6. The zero-order valence-corrected chi connectivity index (χ0v) is 23.9. The van der Waals surface area contributed by atoms with Gasteiger partial charge in [0.2, 0.25) is 5.91 Å². The van der Waals surface area contributed by atoms with Gasteiger partial charge in [-0.15, -0.1) is 0 Å². The van der Waals surface area contributed by atoms with Crippen molar-refractivity contribution in [2.75, 3.05) is 12.3 Å². The van der Waals surface area contributed by atoms with E-state index in [2.05, 4.69) is 10.6 Å². The van der Waals surface area contributed by atoms with Crippen LogP contribution in [0.25, 0.3) is 0 Å². The average molecular weight is 525 g/mol. The number of amides is 4. The second kappa shape index (κ2) is 9.03. The van der Waals surface area contributed by atoms with Crippen LogP contribution >= 0.6 is 0 Å². The standard InChI is InChI=1S/C26H44N4O5S/c1-23(2,3)19(21(32)30-14-16-17(25(16,7)8)18(30)20(27)31)28-22(33)29-26(12-10-9-11-13-26)15-36(34,35)24(4,5)6/h16,19H,9-15H2,1-8H3,(H2,27,31)(H2,28,29,33). The normalized spacial score (nSPS) is 24.1. The Balaban J connectivity index is 1.83. The molecule has 2 fully saturated rings. The molecule has 3 aliphatic rings. The molecule has 36 heavy (non-hydrogen) atoms. The van der Waals surface area contributed by atoms with E-state index >= 15 is 0 Å². The van der Waals surface area contributed by atoms with Crippen molar-refractivity contribution in [1.29, 1.82) is 0 Å².